The zero-order valence-electron chi connectivity index (χ0n) is 15.2. The summed E-state index contributed by atoms with van der Waals surface area (Å²) in [6.45, 7) is -0.625. The van der Waals surface area contributed by atoms with Crippen molar-refractivity contribution in [2.45, 2.75) is 30.7 Å². The standard InChI is InChI=1S/C20H22O9/c21-9-15-16(25)17(26)18(27)20(28-15)29-19-11(7-13(23)8-14(19)24)4-1-10-2-5-12(22)6-3-10/h1-8,15-18,20-27H,9H2. The van der Waals surface area contributed by atoms with Gasteiger partial charge in [0.15, 0.2) is 11.5 Å². The second kappa shape index (κ2) is 8.68. The van der Waals surface area contributed by atoms with Crippen molar-refractivity contribution in [3.8, 4) is 23.0 Å². The molecule has 1 fully saturated rings. The van der Waals surface area contributed by atoms with Crippen LogP contribution in [0.5, 0.6) is 23.0 Å². The van der Waals surface area contributed by atoms with Crippen LogP contribution in [-0.4, -0.2) is 73.1 Å². The lowest BCUT2D eigenvalue weighted by Gasteiger charge is -2.39. The zero-order chi connectivity index (χ0) is 21.1. The third-order valence-corrected chi connectivity index (χ3v) is 4.51. The van der Waals surface area contributed by atoms with Crippen molar-refractivity contribution in [2.24, 2.45) is 0 Å². The molecular weight excluding hydrogens is 384 g/mol. The Kier molecular flexibility index (Phi) is 6.26. The molecule has 0 saturated carbocycles. The van der Waals surface area contributed by atoms with Crippen molar-refractivity contribution in [2.75, 3.05) is 6.61 Å². The number of hydrogen-bond donors (Lipinski definition) is 7. The van der Waals surface area contributed by atoms with Crippen molar-refractivity contribution in [1.82, 2.24) is 0 Å². The lowest BCUT2D eigenvalue weighted by molar-refractivity contribution is -0.277. The van der Waals surface area contributed by atoms with E-state index >= 15 is 0 Å². The highest BCUT2D eigenvalue weighted by Crippen LogP contribution is 2.38. The zero-order valence-corrected chi connectivity index (χ0v) is 15.2. The van der Waals surface area contributed by atoms with E-state index in [-0.39, 0.29) is 22.8 Å². The molecule has 7 N–H and O–H groups in total. The van der Waals surface area contributed by atoms with Crippen LogP contribution in [0, 0.1) is 0 Å². The highest BCUT2D eigenvalue weighted by molar-refractivity contribution is 5.75. The summed E-state index contributed by atoms with van der Waals surface area (Å²) in [6.07, 6.45) is -4.36. The molecule has 1 heterocycles. The second-order valence-corrected chi connectivity index (χ2v) is 6.62. The summed E-state index contributed by atoms with van der Waals surface area (Å²) < 4.78 is 10.8. The van der Waals surface area contributed by atoms with E-state index in [0.29, 0.717) is 5.56 Å². The Morgan fingerprint density at radius 3 is 2.21 bits per heavy atom. The number of hydrogen-bond acceptors (Lipinski definition) is 9. The van der Waals surface area contributed by atoms with E-state index < -0.39 is 43.1 Å². The van der Waals surface area contributed by atoms with Crippen molar-refractivity contribution < 1.29 is 45.2 Å². The van der Waals surface area contributed by atoms with Gasteiger partial charge in [0.25, 0.3) is 0 Å². The lowest BCUT2D eigenvalue weighted by atomic mass is 9.99. The van der Waals surface area contributed by atoms with E-state index in [2.05, 4.69) is 0 Å². The molecule has 9 nitrogen and oxygen atoms in total. The number of rotatable bonds is 5. The summed E-state index contributed by atoms with van der Waals surface area (Å²) in [5.41, 5.74) is 0.942. The molecule has 29 heavy (non-hydrogen) atoms. The average molecular weight is 406 g/mol. The minimum Gasteiger partial charge on any atom is -0.508 e. The summed E-state index contributed by atoms with van der Waals surface area (Å²) in [5.74, 6) is -0.743. The van der Waals surface area contributed by atoms with Gasteiger partial charge < -0.3 is 45.2 Å². The van der Waals surface area contributed by atoms with Gasteiger partial charge in [-0.25, -0.2) is 0 Å². The molecule has 156 valence electrons. The second-order valence-electron chi connectivity index (χ2n) is 6.62. The molecule has 2 aromatic rings. The first-order valence-electron chi connectivity index (χ1n) is 8.80. The van der Waals surface area contributed by atoms with Gasteiger partial charge in [0.1, 0.15) is 35.9 Å². The maximum absolute atomic E-state index is 10.2. The predicted octanol–water partition coefficient (Wildman–Crippen LogP) is 0.152. The van der Waals surface area contributed by atoms with Crippen LogP contribution in [0.1, 0.15) is 11.1 Å². The van der Waals surface area contributed by atoms with Crippen LogP contribution in [-0.2, 0) is 4.74 Å². The third kappa shape index (κ3) is 4.61. The number of ether oxygens (including phenoxy) is 2. The van der Waals surface area contributed by atoms with E-state index in [9.17, 15) is 35.7 Å². The number of aromatic hydroxyl groups is 3. The van der Waals surface area contributed by atoms with Gasteiger partial charge in [0.05, 0.1) is 6.61 Å². The van der Waals surface area contributed by atoms with Crippen LogP contribution < -0.4 is 4.74 Å². The molecule has 3 rings (SSSR count). The molecule has 0 spiro atoms. The minimum atomic E-state index is -1.66. The van der Waals surface area contributed by atoms with Crippen LogP contribution in [0.15, 0.2) is 36.4 Å². The molecule has 0 bridgehead atoms. The molecule has 2 aromatic carbocycles. The number of phenolic OH excluding ortho intramolecular Hbond substituents is 3. The van der Waals surface area contributed by atoms with Gasteiger partial charge in [0.2, 0.25) is 6.29 Å². The Bertz CT molecular complexity index is 863. The number of aliphatic hydroxyl groups excluding tert-OH is 4. The van der Waals surface area contributed by atoms with E-state index in [0.717, 1.165) is 6.07 Å². The number of phenols is 3. The van der Waals surface area contributed by atoms with E-state index in [1.54, 1.807) is 18.2 Å². The van der Waals surface area contributed by atoms with Gasteiger partial charge in [-0.1, -0.05) is 24.3 Å². The molecule has 5 unspecified atom stereocenters. The highest BCUT2D eigenvalue weighted by Gasteiger charge is 2.45. The quantitative estimate of drug-likeness (QED) is 0.343. The first kappa shape index (κ1) is 20.9. The fourth-order valence-corrected chi connectivity index (χ4v) is 2.92. The normalized spacial score (nSPS) is 27.2. The largest absolute Gasteiger partial charge is 0.508 e. The monoisotopic (exact) mass is 406 g/mol. The summed E-state index contributed by atoms with van der Waals surface area (Å²) in [6, 6.07) is 8.60. The fraction of sp³-hybridized carbons (Fsp3) is 0.300. The average Bonchev–Trinajstić information content (AvgIpc) is 2.69. The molecule has 0 aromatic heterocycles. The maximum Gasteiger partial charge on any atom is 0.229 e. The van der Waals surface area contributed by atoms with E-state index in [1.807, 2.05) is 0 Å². The Balaban J connectivity index is 1.89. The van der Waals surface area contributed by atoms with Crippen molar-refractivity contribution in [1.29, 1.82) is 0 Å². The summed E-state index contributed by atoms with van der Waals surface area (Å²) in [7, 11) is 0. The molecule has 1 aliphatic rings. The molecular formula is C20H22O9. The fourth-order valence-electron chi connectivity index (χ4n) is 2.92. The molecule has 5 atom stereocenters. The van der Waals surface area contributed by atoms with Gasteiger partial charge >= 0.3 is 0 Å². The minimum absolute atomic E-state index is 0.101. The Labute approximate surface area is 165 Å². The summed E-state index contributed by atoms with van der Waals surface area (Å²) >= 11 is 0. The Hall–Kier alpha value is -2.82. The van der Waals surface area contributed by atoms with Crippen LogP contribution in [0.3, 0.4) is 0 Å². The van der Waals surface area contributed by atoms with Crippen LogP contribution in [0.25, 0.3) is 12.2 Å². The molecule has 1 aliphatic heterocycles. The van der Waals surface area contributed by atoms with Gasteiger partial charge in [-0.2, -0.15) is 0 Å². The lowest BCUT2D eigenvalue weighted by Crippen LogP contribution is -2.60. The molecule has 1 saturated heterocycles. The summed E-state index contributed by atoms with van der Waals surface area (Å²) in [5, 5.41) is 68.5. The van der Waals surface area contributed by atoms with Gasteiger partial charge in [-0.05, 0) is 23.8 Å². The SMILES string of the molecule is OCC1OC(Oc2c(O)cc(O)cc2C=Cc2ccc(O)cc2)C(O)C(O)C1O. The topological polar surface area (TPSA) is 160 Å². The predicted molar refractivity (Wildman–Crippen MR) is 101 cm³/mol. The van der Waals surface area contributed by atoms with E-state index in [4.69, 9.17) is 9.47 Å². The maximum atomic E-state index is 10.2. The molecule has 0 aliphatic carbocycles. The Morgan fingerprint density at radius 1 is 0.862 bits per heavy atom. The first-order chi connectivity index (χ1) is 13.8. The van der Waals surface area contributed by atoms with Crippen LogP contribution in [0.4, 0.5) is 0 Å². The van der Waals surface area contributed by atoms with Crippen molar-refractivity contribution in [3.63, 3.8) is 0 Å². The summed E-state index contributed by atoms with van der Waals surface area (Å²) in [4.78, 5) is 0. The van der Waals surface area contributed by atoms with Crippen molar-refractivity contribution >= 4 is 12.2 Å². The highest BCUT2D eigenvalue weighted by atomic mass is 16.7. The van der Waals surface area contributed by atoms with E-state index in [1.165, 1.54) is 24.3 Å². The van der Waals surface area contributed by atoms with Crippen molar-refractivity contribution in [3.05, 3.63) is 47.5 Å². The van der Waals surface area contributed by atoms with Gasteiger partial charge in [0, 0.05) is 11.6 Å². The number of aliphatic hydroxyl groups is 4. The van der Waals surface area contributed by atoms with Gasteiger partial charge in [-0.3, -0.25) is 0 Å². The number of benzene rings is 2. The van der Waals surface area contributed by atoms with Gasteiger partial charge in [-0.15, -0.1) is 0 Å². The smallest absolute Gasteiger partial charge is 0.229 e. The van der Waals surface area contributed by atoms with Crippen LogP contribution >= 0.6 is 0 Å². The Morgan fingerprint density at radius 2 is 1.55 bits per heavy atom. The molecule has 9 heteroatoms. The first-order valence-corrected chi connectivity index (χ1v) is 8.80. The van der Waals surface area contributed by atoms with Crippen LogP contribution in [0.2, 0.25) is 0 Å². The third-order valence-electron chi connectivity index (χ3n) is 4.51. The molecule has 0 amide bonds. The molecule has 0 radical (unpaired) electrons.